The van der Waals surface area contributed by atoms with E-state index in [1.54, 1.807) is 10.9 Å². The lowest BCUT2D eigenvalue weighted by molar-refractivity contribution is 0.0900. The van der Waals surface area contributed by atoms with E-state index in [1.807, 2.05) is 14.0 Å². The highest BCUT2D eigenvalue weighted by atomic mass is 79.9. The van der Waals surface area contributed by atoms with E-state index in [-0.39, 0.29) is 17.4 Å². The SMILES string of the molecule is Cc1nn(C)cc1C(=O)NC(CCBr)C(C)(C)C. The van der Waals surface area contributed by atoms with Gasteiger partial charge in [0.2, 0.25) is 0 Å². The minimum atomic E-state index is -0.0403. The fourth-order valence-electron chi connectivity index (χ4n) is 1.89. The number of halogens is 1. The van der Waals surface area contributed by atoms with Crippen molar-refractivity contribution in [2.24, 2.45) is 12.5 Å². The average Bonchev–Trinajstić information content (AvgIpc) is 2.55. The molecule has 1 rings (SSSR count). The van der Waals surface area contributed by atoms with Gasteiger partial charge in [-0.3, -0.25) is 9.48 Å². The fourth-order valence-corrected chi connectivity index (χ4v) is 2.35. The van der Waals surface area contributed by atoms with E-state index in [0.717, 1.165) is 17.4 Å². The number of aryl methyl sites for hydroxylation is 2. The first-order valence-corrected chi connectivity index (χ1v) is 7.25. The second kappa shape index (κ2) is 5.87. The summed E-state index contributed by atoms with van der Waals surface area (Å²) < 4.78 is 1.67. The van der Waals surface area contributed by atoms with Crippen LogP contribution >= 0.6 is 15.9 Å². The lowest BCUT2D eigenvalue weighted by Crippen LogP contribution is -2.44. The van der Waals surface area contributed by atoms with E-state index in [4.69, 9.17) is 0 Å². The highest BCUT2D eigenvalue weighted by molar-refractivity contribution is 9.09. The van der Waals surface area contributed by atoms with Gasteiger partial charge >= 0.3 is 0 Å². The zero-order chi connectivity index (χ0) is 13.9. The molecule has 5 heteroatoms. The number of carbonyl (C=O) groups is 1. The molecule has 1 unspecified atom stereocenters. The summed E-state index contributed by atoms with van der Waals surface area (Å²) in [6.07, 6.45) is 2.67. The van der Waals surface area contributed by atoms with Gasteiger partial charge < -0.3 is 5.32 Å². The maximum atomic E-state index is 12.2. The van der Waals surface area contributed by atoms with Gasteiger partial charge in [0.1, 0.15) is 0 Å². The molecule has 1 N–H and O–H groups in total. The minimum absolute atomic E-state index is 0.0403. The summed E-state index contributed by atoms with van der Waals surface area (Å²) >= 11 is 3.44. The maximum absolute atomic E-state index is 12.2. The molecule has 0 aliphatic rings. The van der Waals surface area contributed by atoms with E-state index in [0.29, 0.717) is 5.56 Å². The Morgan fingerprint density at radius 2 is 2.17 bits per heavy atom. The Hall–Kier alpha value is -0.840. The molecule has 1 aromatic heterocycles. The molecule has 1 amide bonds. The van der Waals surface area contributed by atoms with Crippen LogP contribution in [0.1, 0.15) is 43.2 Å². The summed E-state index contributed by atoms with van der Waals surface area (Å²) in [4.78, 5) is 12.2. The van der Waals surface area contributed by atoms with Gasteiger partial charge in [0.25, 0.3) is 5.91 Å². The van der Waals surface area contributed by atoms with Crippen LogP contribution in [-0.2, 0) is 7.05 Å². The molecule has 0 bridgehead atoms. The number of amides is 1. The van der Waals surface area contributed by atoms with E-state index in [9.17, 15) is 4.79 Å². The molecule has 18 heavy (non-hydrogen) atoms. The molecule has 4 nitrogen and oxygen atoms in total. The largest absolute Gasteiger partial charge is 0.349 e. The number of nitrogens with one attached hydrogen (secondary N) is 1. The number of hydrogen-bond donors (Lipinski definition) is 1. The van der Waals surface area contributed by atoms with Crippen molar-refractivity contribution in [1.29, 1.82) is 0 Å². The molecule has 1 heterocycles. The van der Waals surface area contributed by atoms with Gasteiger partial charge in [-0.2, -0.15) is 5.10 Å². The summed E-state index contributed by atoms with van der Waals surface area (Å²) in [6, 6.07) is 0.143. The van der Waals surface area contributed by atoms with Gasteiger partial charge in [0, 0.05) is 24.6 Å². The number of hydrogen-bond acceptors (Lipinski definition) is 2. The first-order chi connectivity index (χ1) is 8.25. The van der Waals surface area contributed by atoms with Gasteiger partial charge in [-0.15, -0.1) is 0 Å². The highest BCUT2D eigenvalue weighted by Crippen LogP contribution is 2.23. The standard InChI is InChI=1S/C13H22BrN3O/c1-9-10(8-17(5)16-9)12(18)15-11(6-7-14)13(2,3)4/h8,11H,6-7H2,1-5H3,(H,15,18). The van der Waals surface area contributed by atoms with Crippen LogP contribution in [0.5, 0.6) is 0 Å². The van der Waals surface area contributed by atoms with Crippen molar-refractivity contribution < 1.29 is 4.79 Å². The smallest absolute Gasteiger partial charge is 0.254 e. The van der Waals surface area contributed by atoms with E-state index in [1.165, 1.54) is 0 Å². The second-order valence-electron chi connectivity index (χ2n) is 5.67. The summed E-state index contributed by atoms with van der Waals surface area (Å²) in [6.45, 7) is 8.26. The molecule has 0 aliphatic carbocycles. The van der Waals surface area contributed by atoms with Gasteiger partial charge in [0.05, 0.1) is 11.3 Å². The van der Waals surface area contributed by atoms with Crippen molar-refractivity contribution in [3.8, 4) is 0 Å². The molecule has 102 valence electrons. The van der Waals surface area contributed by atoms with Crippen LogP contribution < -0.4 is 5.32 Å². The molecule has 1 aromatic rings. The van der Waals surface area contributed by atoms with E-state index >= 15 is 0 Å². The summed E-state index contributed by atoms with van der Waals surface area (Å²) in [5, 5.41) is 8.18. The number of alkyl halides is 1. The summed E-state index contributed by atoms with van der Waals surface area (Å²) in [5.74, 6) is -0.0403. The first-order valence-electron chi connectivity index (χ1n) is 6.12. The molecule has 0 fully saturated rings. The van der Waals surface area contributed by atoms with Crippen LogP contribution in [0, 0.1) is 12.3 Å². The highest BCUT2D eigenvalue weighted by Gasteiger charge is 2.26. The van der Waals surface area contributed by atoms with Crippen LogP contribution in [0.3, 0.4) is 0 Å². The van der Waals surface area contributed by atoms with Crippen molar-refractivity contribution in [3.05, 3.63) is 17.5 Å². The van der Waals surface area contributed by atoms with Crippen molar-refractivity contribution in [1.82, 2.24) is 15.1 Å². The van der Waals surface area contributed by atoms with E-state index in [2.05, 4.69) is 47.1 Å². The third-order valence-electron chi connectivity index (χ3n) is 3.01. The number of rotatable bonds is 4. The molecular formula is C13H22BrN3O. The Morgan fingerprint density at radius 3 is 2.56 bits per heavy atom. The molecule has 0 aromatic carbocycles. The normalized spacial score (nSPS) is 13.4. The fraction of sp³-hybridized carbons (Fsp3) is 0.692. The predicted molar refractivity (Wildman–Crippen MR) is 77.1 cm³/mol. The van der Waals surface area contributed by atoms with Crippen LogP contribution in [0.2, 0.25) is 0 Å². The maximum Gasteiger partial charge on any atom is 0.254 e. The zero-order valence-corrected chi connectivity index (χ0v) is 13.3. The van der Waals surface area contributed by atoms with Crippen molar-refractivity contribution >= 4 is 21.8 Å². The van der Waals surface area contributed by atoms with Crippen LogP contribution in [-0.4, -0.2) is 27.1 Å². The Morgan fingerprint density at radius 1 is 1.56 bits per heavy atom. The topological polar surface area (TPSA) is 46.9 Å². The van der Waals surface area contributed by atoms with Crippen molar-refractivity contribution in [2.75, 3.05) is 5.33 Å². The summed E-state index contributed by atoms with van der Waals surface area (Å²) in [7, 11) is 1.82. The molecule has 0 aliphatic heterocycles. The van der Waals surface area contributed by atoms with Gasteiger partial charge in [-0.25, -0.2) is 0 Å². The van der Waals surface area contributed by atoms with Crippen LogP contribution in [0.25, 0.3) is 0 Å². The Kier molecular flexibility index (Phi) is 4.96. The Bertz CT molecular complexity index is 420. The molecule has 0 saturated carbocycles. The lowest BCUT2D eigenvalue weighted by atomic mass is 9.85. The predicted octanol–water partition coefficient (Wildman–Crippen LogP) is 2.66. The first kappa shape index (κ1) is 15.2. The second-order valence-corrected chi connectivity index (χ2v) is 6.46. The van der Waals surface area contributed by atoms with Gasteiger partial charge in [-0.05, 0) is 18.8 Å². The van der Waals surface area contributed by atoms with Crippen molar-refractivity contribution in [3.63, 3.8) is 0 Å². The number of carbonyl (C=O) groups excluding carboxylic acids is 1. The lowest BCUT2D eigenvalue weighted by Gasteiger charge is -2.31. The third-order valence-corrected chi connectivity index (χ3v) is 3.46. The number of nitrogens with zero attached hydrogens (tertiary/aromatic N) is 2. The molecule has 1 atom stereocenters. The quantitative estimate of drug-likeness (QED) is 0.868. The average molecular weight is 316 g/mol. The van der Waals surface area contributed by atoms with Crippen LogP contribution in [0.4, 0.5) is 0 Å². The van der Waals surface area contributed by atoms with Crippen LogP contribution in [0.15, 0.2) is 6.20 Å². The number of aromatic nitrogens is 2. The van der Waals surface area contributed by atoms with E-state index < -0.39 is 0 Å². The Labute approximate surface area is 117 Å². The Balaban J connectivity index is 2.82. The molecule has 0 radical (unpaired) electrons. The van der Waals surface area contributed by atoms with Gasteiger partial charge in [0.15, 0.2) is 0 Å². The minimum Gasteiger partial charge on any atom is -0.349 e. The zero-order valence-electron chi connectivity index (χ0n) is 11.7. The molecular weight excluding hydrogens is 294 g/mol. The van der Waals surface area contributed by atoms with Crippen molar-refractivity contribution in [2.45, 2.75) is 40.2 Å². The molecule has 0 saturated heterocycles. The monoisotopic (exact) mass is 315 g/mol. The third kappa shape index (κ3) is 3.83. The summed E-state index contributed by atoms with van der Waals surface area (Å²) in [5.41, 5.74) is 1.46. The molecule has 0 spiro atoms. The van der Waals surface area contributed by atoms with Gasteiger partial charge in [-0.1, -0.05) is 36.7 Å².